The Morgan fingerprint density at radius 2 is 2.27 bits per heavy atom. The van der Waals surface area contributed by atoms with Gasteiger partial charge in [0.1, 0.15) is 5.78 Å². The lowest BCUT2D eigenvalue weighted by molar-refractivity contribution is -0.134. The predicted octanol–water partition coefficient (Wildman–Crippen LogP) is 3.20. The van der Waals surface area contributed by atoms with Gasteiger partial charge in [0.05, 0.1) is 12.0 Å². The number of carbonyl (C=O) groups excluding carboxylic acids is 1. The van der Waals surface area contributed by atoms with Crippen molar-refractivity contribution in [3.8, 4) is 0 Å². The van der Waals surface area contributed by atoms with Crippen molar-refractivity contribution in [2.45, 2.75) is 52.4 Å². The predicted molar refractivity (Wildman–Crippen MR) is 61.9 cm³/mol. The van der Waals surface area contributed by atoms with Crippen LogP contribution in [0.15, 0.2) is 0 Å². The van der Waals surface area contributed by atoms with Gasteiger partial charge in [-0.15, -0.1) is 0 Å². The molecule has 2 unspecified atom stereocenters. The molecule has 88 valence electrons. The number of Topliss-reactive ketones (excluding diaryl/α,β-unsaturated/α-hetero) is 1. The molecule has 0 saturated heterocycles. The number of hydrogen-bond acceptors (Lipinski definition) is 2. The van der Waals surface area contributed by atoms with Gasteiger partial charge in [0, 0.05) is 13.5 Å². The minimum Gasteiger partial charge on any atom is -0.384 e. The molecule has 1 aliphatic rings. The van der Waals surface area contributed by atoms with E-state index in [1.54, 1.807) is 7.11 Å². The summed E-state index contributed by atoms with van der Waals surface area (Å²) in [7, 11) is 1.71. The molecule has 0 heterocycles. The van der Waals surface area contributed by atoms with Gasteiger partial charge < -0.3 is 4.74 Å². The van der Waals surface area contributed by atoms with E-state index in [1.807, 2.05) is 0 Å². The van der Waals surface area contributed by atoms with Crippen molar-refractivity contribution in [1.29, 1.82) is 0 Å². The summed E-state index contributed by atoms with van der Waals surface area (Å²) in [6, 6.07) is 0. The molecule has 0 aliphatic heterocycles. The third kappa shape index (κ3) is 2.60. The van der Waals surface area contributed by atoms with Crippen LogP contribution in [0, 0.1) is 11.3 Å². The summed E-state index contributed by atoms with van der Waals surface area (Å²) < 4.78 is 5.28. The third-order valence-electron chi connectivity index (χ3n) is 3.92. The number of ketones is 1. The molecule has 0 aromatic rings. The number of unbranched alkanes of at least 4 members (excludes halogenated alkanes) is 1. The molecule has 0 aromatic carbocycles. The fourth-order valence-corrected chi connectivity index (χ4v) is 2.80. The standard InChI is InChI=1S/C13H24O2/c1-4-5-8-12(14)13(10-15-3)9-6-7-11(13)2/h11H,4-10H2,1-3H3. The lowest BCUT2D eigenvalue weighted by atomic mass is 9.74. The Labute approximate surface area is 93.4 Å². The number of carbonyl (C=O) groups is 1. The Kier molecular flexibility index (Phi) is 4.78. The van der Waals surface area contributed by atoms with Crippen LogP contribution < -0.4 is 0 Å². The van der Waals surface area contributed by atoms with Gasteiger partial charge in [-0.1, -0.05) is 26.7 Å². The highest BCUT2D eigenvalue weighted by Crippen LogP contribution is 2.45. The SMILES string of the molecule is CCCCC(=O)C1(COC)CCCC1C. The van der Waals surface area contributed by atoms with Crippen LogP contribution in [0.5, 0.6) is 0 Å². The maximum Gasteiger partial charge on any atom is 0.141 e. The van der Waals surface area contributed by atoms with Gasteiger partial charge in [0.2, 0.25) is 0 Å². The minimum atomic E-state index is -0.149. The van der Waals surface area contributed by atoms with Gasteiger partial charge in [-0.3, -0.25) is 4.79 Å². The van der Waals surface area contributed by atoms with Crippen molar-refractivity contribution in [2.75, 3.05) is 13.7 Å². The molecular formula is C13H24O2. The first-order chi connectivity index (χ1) is 7.17. The third-order valence-corrected chi connectivity index (χ3v) is 3.92. The lowest BCUT2D eigenvalue weighted by Crippen LogP contribution is -2.38. The van der Waals surface area contributed by atoms with Crippen molar-refractivity contribution in [3.05, 3.63) is 0 Å². The Morgan fingerprint density at radius 3 is 2.73 bits per heavy atom. The van der Waals surface area contributed by atoms with Crippen LogP contribution >= 0.6 is 0 Å². The molecule has 1 aliphatic carbocycles. The average molecular weight is 212 g/mol. The minimum absolute atomic E-state index is 0.149. The number of methoxy groups -OCH3 is 1. The topological polar surface area (TPSA) is 26.3 Å². The fraction of sp³-hybridized carbons (Fsp3) is 0.923. The molecule has 0 spiro atoms. The normalized spacial score (nSPS) is 30.7. The molecule has 1 saturated carbocycles. The second-order valence-electron chi connectivity index (χ2n) is 4.91. The Bertz CT molecular complexity index is 213. The summed E-state index contributed by atoms with van der Waals surface area (Å²) in [6.07, 6.45) is 6.26. The van der Waals surface area contributed by atoms with Crippen LogP contribution in [0.2, 0.25) is 0 Å². The first-order valence-corrected chi connectivity index (χ1v) is 6.19. The zero-order chi connectivity index (χ0) is 11.3. The molecule has 2 nitrogen and oxygen atoms in total. The van der Waals surface area contributed by atoms with Gasteiger partial charge in [0.25, 0.3) is 0 Å². The second-order valence-corrected chi connectivity index (χ2v) is 4.91. The summed E-state index contributed by atoms with van der Waals surface area (Å²) in [5, 5.41) is 0. The van der Waals surface area contributed by atoms with Crippen LogP contribution in [0.4, 0.5) is 0 Å². The summed E-state index contributed by atoms with van der Waals surface area (Å²) in [4.78, 5) is 12.2. The smallest absolute Gasteiger partial charge is 0.141 e. The van der Waals surface area contributed by atoms with Crippen LogP contribution in [0.3, 0.4) is 0 Å². The van der Waals surface area contributed by atoms with E-state index in [2.05, 4.69) is 13.8 Å². The van der Waals surface area contributed by atoms with E-state index in [1.165, 1.54) is 12.8 Å². The second kappa shape index (κ2) is 5.64. The zero-order valence-corrected chi connectivity index (χ0v) is 10.3. The molecule has 0 aromatic heterocycles. The molecular weight excluding hydrogens is 188 g/mol. The summed E-state index contributed by atoms with van der Waals surface area (Å²) >= 11 is 0. The molecule has 0 N–H and O–H groups in total. The lowest BCUT2D eigenvalue weighted by Gasteiger charge is -2.31. The van der Waals surface area contributed by atoms with Crippen LogP contribution in [-0.2, 0) is 9.53 Å². The molecule has 1 fully saturated rings. The average Bonchev–Trinajstić information content (AvgIpc) is 2.58. The van der Waals surface area contributed by atoms with E-state index < -0.39 is 0 Å². The van der Waals surface area contributed by atoms with E-state index in [4.69, 9.17) is 4.74 Å². The van der Waals surface area contributed by atoms with E-state index in [0.29, 0.717) is 18.3 Å². The monoisotopic (exact) mass is 212 g/mol. The zero-order valence-electron chi connectivity index (χ0n) is 10.3. The highest BCUT2D eigenvalue weighted by atomic mass is 16.5. The highest BCUT2D eigenvalue weighted by molar-refractivity contribution is 5.85. The first kappa shape index (κ1) is 12.7. The largest absolute Gasteiger partial charge is 0.384 e. The molecule has 15 heavy (non-hydrogen) atoms. The number of rotatable bonds is 6. The van der Waals surface area contributed by atoms with Crippen LogP contribution in [0.25, 0.3) is 0 Å². The quantitative estimate of drug-likeness (QED) is 0.676. The Hall–Kier alpha value is -0.370. The van der Waals surface area contributed by atoms with Gasteiger partial charge >= 0.3 is 0 Å². The van der Waals surface area contributed by atoms with Crippen molar-refractivity contribution < 1.29 is 9.53 Å². The summed E-state index contributed by atoms with van der Waals surface area (Å²) in [6.45, 7) is 4.96. The maximum absolute atomic E-state index is 12.2. The molecule has 1 rings (SSSR count). The van der Waals surface area contributed by atoms with Crippen molar-refractivity contribution in [3.63, 3.8) is 0 Å². The summed E-state index contributed by atoms with van der Waals surface area (Å²) in [5.41, 5.74) is -0.149. The molecule has 2 atom stereocenters. The molecule has 0 bridgehead atoms. The number of ether oxygens (including phenoxy) is 1. The van der Waals surface area contributed by atoms with Crippen molar-refractivity contribution in [1.82, 2.24) is 0 Å². The molecule has 0 radical (unpaired) electrons. The van der Waals surface area contributed by atoms with Gasteiger partial charge in [-0.05, 0) is 25.2 Å². The van der Waals surface area contributed by atoms with E-state index in [-0.39, 0.29) is 5.41 Å². The first-order valence-electron chi connectivity index (χ1n) is 6.19. The highest BCUT2D eigenvalue weighted by Gasteiger charge is 2.45. The molecule has 2 heteroatoms. The Morgan fingerprint density at radius 1 is 1.53 bits per heavy atom. The van der Waals surface area contributed by atoms with Gasteiger partial charge in [-0.2, -0.15) is 0 Å². The van der Waals surface area contributed by atoms with E-state index >= 15 is 0 Å². The van der Waals surface area contributed by atoms with Crippen LogP contribution in [0.1, 0.15) is 52.4 Å². The van der Waals surface area contributed by atoms with E-state index in [9.17, 15) is 4.79 Å². The van der Waals surface area contributed by atoms with Gasteiger partial charge in [-0.25, -0.2) is 0 Å². The van der Waals surface area contributed by atoms with Crippen molar-refractivity contribution in [2.24, 2.45) is 11.3 Å². The molecule has 0 amide bonds. The summed E-state index contributed by atoms with van der Waals surface area (Å²) in [5.74, 6) is 0.943. The Balaban J connectivity index is 2.67. The maximum atomic E-state index is 12.2. The van der Waals surface area contributed by atoms with Crippen molar-refractivity contribution >= 4 is 5.78 Å². The van der Waals surface area contributed by atoms with E-state index in [0.717, 1.165) is 25.7 Å². The van der Waals surface area contributed by atoms with Gasteiger partial charge in [0.15, 0.2) is 0 Å². The van der Waals surface area contributed by atoms with Crippen LogP contribution in [-0.4, -0.2) is 19.5 Å². The fourth-order valence-electron chi connectivity index (χ4n) is 2.80. The number of hydrogen-bond donors (Lipinski definition) is 0.